The molecule has 0 aromatic rings. The molecule has 0 aromatic carbocycles. The zero-order chi connectivity index (χ0) is 32.8. The van der Waals surface area contributed by atoms with Gasteiger partial charge in [0.15, 0.2) is 6.29 Å². The molecule has 2 aliphatic rings. The number of aliphatic carboxylic acids is 1. The molecule has 0 radical (unpaired) electrons. The molecule has 20 heteroatoms. The maximum absolute atomic E-state index is 12.3. The quantitative estimate of drug-likeness (QED) is 0.0794. The molecule has 20 nitrogen and oxygen atoms in total. The smallest absolute Gasteiger partial charge is 0.364 e. The van der Waals surface area contributed by atoms with Crippen LogP contribution < -0.4 is 5.32 Å². The van der Waals surface area contributed by atoms with E-state index in [1.54, 1.807) is 0 Å². The van der Waals surface area contributed by atoms with E-state index in [4.69, 9.17) is 24.1 Å². The van der Waals surface area contributed by atoms with Gasteiger partial charge in [-0.05, 0) is 0 Å². The standard InChI is InChI=1S/C23H41NO19/c1-7(28)24-13-8(29)2-23(22(38)39,43-20(13)15(34)10(31)4-26)40-6-12-16(35)17(36)18(37)21(41-12)42-19(11(32)5-27)14(33)9(30)3-25/h8-21,25-27,29-37H,2-6H2,1H3,(H,24,28)(H,38,39)/t8-,9-,10+,11+,12+,13+,14+,15+,16-,17-,18+,19+,20+,21-,23+/m0/s1. The maximum atomic E-state index is 12.3. The molecule has 0 aliphatic carbocycles. The van der Waals surface area contributed by atoms with E-state index in [0.29, 0.717) is 0 Å². The summed E-state index contributed by atoms with van der Waals surface area (Å²) in [7, 11) is 0. The van der Waals surface area contributed by atoms with Crippen LogP contribution in [0, 0.1) is 0 Å². The van der Waals surface area contributed by atoms with Crippen molar-refractivity contribution < 1.29 is 94.9 Å². The third-order valence-electron chi connectivity index (χ3n) is 7.11. The number of nitrogens with one attached hydrogen (secondary N) is 1. The van der Waals surface area contributed by atoms with E-state index >= 15 is 0 Å². The Balaban J connectivity index is 2.32. The second-order valence-electron chi connectivity index (χ2n) is 10.3. The topological polar surface area (TPSA) is 346 Å². The van der Waals surface area contributed by atoms with Gasteiger partial charge in [-0.3, -0.25) is 4.79 Å². The largest absolute Gasteiger partial charge is 0.477 e. The Labute approximate surface area is 243 Å². The molecule has 1 amide bonds. The number of carboxylic acids is 1. The highest BCUT2D eigenvalue weighted by Gasteiger charge is 2.57. The van der Waals surface area contributed by atoms with Crippen LogP contribution in [0.2, 0.25) is 0 Å². The molecule has 2 rings (SSSR count). The van der Waals surface area contributed by atoms with Crippen molar-refractivity contribution in [3.8, 4) is 0 Å². The molecule has 2 aliphatic heterocycles. The lowest BCUT2D eigenvalue weighted by Gasteiger charge is -2.47. The third kappa shape index (κ3) is 8.73. The first-order chi connectivity index (χ1) is 20.0. The molecule has 252 valence electrons. The Morgan fingerprint density at radius 3 is 2.00 bits per heavy atom. The number of aliphatic hydroxyl groups is 12. The van der Waals surface area contributed by atoms with Crippen molar-refractivity contribution in [2.45, 2.75) is 105 Å². The summed E-state index contributed by atoms with van der Waals surface area (Å²) in [6.45, 7) is -3.04. The number of hydrogen-bond donors (Lipinski definition) is 14. The fourth-order valence-electron chi connectivity index (χ4n) is 4.64. The highest BCUT2D eigenvalue weighted by molar-refractivity contribution is 5.76. The number of rotatable bonds is 15. The molecule has 0 bridgehead atoms. The van der Waals surface area contributed by atoms with Gasteiger partial charge in [-0.1, -0.05) is 0 Å². The fraction of sp³-hybridized carbons (Fsp3) is 0.913. The fourth-order valence-corrected chi connectivity index (χ4v) is 4.64. The van der Waals surface area contributed by atoms with Crippen LogP contribution in [-0.2, 0) is 28.5 Å². The van der Waals surface area contributed by atoms with Crippen molar-refractivity contribution in [2.24, 2.45) is 0 Å². The SMILES string of the molecule is CC(=O)N[C@H]1[C@H]([C@H](O)[C@H](O)CO)O[C@@](OC[C@H]2O[C@@H](O[C@@H]([C@H](O)[C@@H](O)CO)[C@H](O)CO)[C@H](O)[C@@H](O)[C@H]2O)(C(=O)O)C[C@@H]1O. The van der Waals surface area contributed by atoms with Crippen LogP contribution >= 0.6 is 0 Å². The number of aliphatic hydroxyl groups excluding tert-OH is 12. The lowest BCUT2D eigenvalue weighted by atomic mass is 9.88. The first-order valence-corrected chi connectivity index (χ1v) is 13.1. The van der Waals surface area contributed by atoms with Crippen LogP contribution in [0.1, 0.15) is 13.3 Å². The van der Waals surface area contributed by atoms with Gasteiger partial charge in [0.25, 0.3) is 5.79 Å². The molecule has 0 aromatic heterocycles. The third-order valence-corrected chi connectivity index (χ3v) is 7.11. The Bertz CT molecular complexity index is 899. The number of carbonyl (C=O) groups excluding carboxylic acids is 1. The van der Waals surface area contributed by atoms with Gasteiger partial charge >= 0.3 is 5.97 Å². The number of hydrogen-bond acceptors (Lipinski definition) is 18. The number of carbonyl (C=O) groups is 2. The van der Waals surface area contributed by atoms with Crippen molar-refractivity contribution in [1.82, 2.24) is 5.32 Å². The van der Waals surface area contributed by atoms with Gasteiger partial charge in [0.05, 0.1) is 38.6 Å². The normalized spacial score (nSPS) is 37.5. The van der Waals surface area contributed by atoms with E-state index in [0.717, 1.165) is 6.92 Å². The van der Waals surface area contributed by atoms with Crippen LogP contribution in [0.15, 0.2) is 0 Å². The monoisotopic (exact) mass is 635 g/mol. The molecular weight excluding hydrogens is 594 g/mol. The summed E-state index contributed by atoms with van der Waals surface area (Å²) in [5.41, 5.74) is 0. The lowest BCUT2D eigenvalue weighted by Crippen LogP contribution is -2.68. The highest BCUT2D eigenvalue weighted by atomic mass is 16.7. The Morgan fingerprint density at radius 2 is 1.49 bits per heavy atom. The van der Waals surface area contributed by atoms with Crippen molar-refractivity contribution in [3.05, 3.63) is 0 Å². The summed E-state index contributed by atoms with van der Waals surface area (Å²) < 4.78 is 21.5. The molecule has 2 fully saturated rings. The molecule has 15 atom stereocenters. The molecule has 43 heavy (non-hydrogen) atoms. The average Bonchev–Trinajstić information content (AvgIpc) is 2.97. The van der Waals surface area contributed by atoms with Gasteiger partial charge in [-0.15, -0.1) is 0 Å². The van der Waals surface area contributed by atoms with Gasteiger partial charge in [-0.2, -0.15) is 0 Å². The number of amides is 1. The van der Waals surface area contributed by atoms with Gasteiger partial charge in [0.2, 0.25) is 5.91 Å². The Kier molecular flexibility index (Phi) is 14.0. The van der Waals surface area contributed by atoms with E-state index in [2.05, 4.69) is 5.32 Å². The minimum Gasteiger partial charge on any atom is -0.477 e. The molecule has 2 heterocycles. The van der Waals surface area contributed by atoms with Crippen LogP contribution in [0.25, 0.3) is 0 Å². The van der Waals surface area contributed by atoms with Gasteiger partial charge < -0.3 is 90.6 Å². The van der Waals surface area contributed by atoms with E-state index in [-0.39, 0.29) is 0 Å². The molecule has 0 unspecified atom stereocenters. The average molecular weight is 636 g/mol. The zero-order valence-corrected chi connectivity index (χ0v) is 22.9. The zero-order valence-electron chi connectivity index (χ0n) is 22.9. The van der Waals surface area contributed by atoms with Crippen molar-refractivity contribution >= 4 is 11.9 Å². The van der Waals surface area contributed by atoms with Gasteiger partial charge in [0.1, 0.15) is 67.1 Å². The number of ether oxygens (including phenoxy) is 4. The predicted molar refractivity (Wildman–Crippen MR) is 132 cm³/mol. The van der Waals surface area contributed by atoms with Crippen molar-refractivity contribution in [3.63, 3.8) is 0 Å². The second-order valence-corrected chi connectivity index (χ2v) is 10.3. The van der Waals surface area contributed by atoms with E-state index < -0.39 is 136 Å². The van der Waals surface area contributed by atoms with Crippen LogP contribution in [0.5, 0.6) is 0 Å². The van der Waals surface area contributed by atoms with Crippen molar-refractivity contribution in [2.75, 3.05) is 26.4 Å². The van der Waals surface area contributed by atoms with Crippen molar-refractivity contribution in [1.29, 1.82) is 0 Å². The van der Waals surface area contributed by atoms with E-state index in [1.165, 1.54) is 0 Å². The van der Waals surface area contributed by atoms with Gasteiger partial charge in [0, 0.05) is 13.3 Å². The van der Waals surface area contributed by atoms with Crippen LogP contribution in [0.4, 0.5) is 0 Å². The predicted octanol–water partition coefficient (Wildman–Crippen LogP) is -8.59. The van der Waals surface area contributed by atoms with Gasteiger partial charge in [-0.25, -0.2) is 4.79 Å². The van der Waals surface area contributed by atoms with E-state index in [9.17, 15) is 70.9 Å². The molecular formula is C23H41NO19. The summed E-state index contributed by atoms with van der Waals surface area (Å²) in [4.78, 5) is 24.0. The summed E-state index contributed by atoms with van der Waals surface area (Å²) in [5, 5.41) is 132. The summed E-state index contributed by atoms with van der Waals surface area (Å²) in [6, 6.07) is -1.49. The Hall–Kier alpha value is -1.70. The Morgan fingerprint density at radius 1 is 0.907 bits per heavy atom. The molecule has 0 saturated carbocycles. The first kappa shape index (κ1) is 37.5. The summed E-state index contributed by atoms with van der Waals surface area (Å²) in [5.74, 6) is -5.48. The van der Waals surface area contributed by atoms with Crippen LogP contribution in [-0.4, -0.2) is 196 Å². The summed E-state index contributed by atoms with van der Waals surface area (Å²) >= 11 is 0. The number of carboxylic acid groups (broad SMARTS) is 1. The minimum atomic E-state index is -2.85. The highest BCUT2D eigenvalue weighted by Crippen LogP contribution is 2.35. The lowest BCUT2D eigenvalue weighted by molar-refractivity contribution is -0.349. The molecule has 14 N–H and O–H groups in total. The first-order valence-electron chi connectivity index (χ1n) is 13.1. The molecule has 0 spiro atoms. The maximum Gasteiger partial charge on any atom is 0.364 e. The molecule has 2 saturated heterocycles. The van der Waals surface area contributed by atoms with E-state index in [1.807, 2.05) is 0 Å². The summed E-state index contributed by atoms with van der Waals surface area (Å²) in [6.07, 6.45) is -26.4. The minimum absolute atomic E-state index is 0.731. The second kappa shape index (κ2) is 16.0. The van der Waals surface area contributed by atoms with Crippen LogP contribution in [0.3, 0.4) is 0 Å².